The van der Waals surface area contributed by atoms with E-state index in [0.29, 0.717) is 31.8 Å². The lowest BCUT2D eigenvalue weighted by Gasteiger charge is -2.33. The Labute approximate surface area is 181 Å². The fourth-order valence-corrected chi connectivity index (χ4v) is 5.03. The van der Waals surface area contributed by atoms with Gasteiger partial charge in [-0.25, -0.2) is 4.98 Å². The molecule has 3 heterocycles. The summed E-state index contributed by atoms with van der Waals surface area (Å²) in [5.74, 6) is 0.664. The topological polar surface area (TPSA) is 78.1 Å². The van der Waals surface area contributed by atoms with Gasteiger partial charge >= 0.3 is 0 Å². The number of likely N-dealkylation sites (tertiary alicyclic amines) is 1. The number of piperidine rings is 1. The third-order valence-electron chi connectivity index (χ3n) is 6.63. The minimum absolute atomic E-state index is 0.0946. The van der Waals surface area contributed by atoms with E-state index in [9.17, 15) is 15.0 Å². The number of aliphatic hydroxyl groups is 1. The minimum Gasteiger partial charge on any atom is -0.508 e. The van der Waals surface area contributed by atoms with Crippen molar-refractivity contribution in [1.29, 1.82) is 0 Å². The summed E-state index contributed by atoms with van der Waals surface area (Å²) in [6.45, 7) is 1.43. The van der Waals surface area contributed by atoms with E-state index in [1.807, 2.05) is 21.6 Å². The van der Waals surface area contributed by atoms with E-state index in [1.165, 1.54) is 10.8 Å². The van der Waals surface area contributed by atoms with Gasteiger partial charge < -0.3 is 15.1 Å². The molecule has 0 bridgehead atoms. The number of nitrogens with zero attached hydrogens (tertiary/aromatic N) is 3. The van der Waals surface area contributed by atoms with Gasteiger partial charge in [0.15, 0.2) is 0 Å². The Hall–Kier alpha value is -3.12. The molecule has 160 valence electrons. The summed E-state index contributed by atoms with van der Waals surface area (Å²) >= 11 is 0. The van der Waals surface area contributed by atoms with E-state index >= 15 is 0 Å². The van der Waals surface area contributed by atoms with Crippen LogP contribution < -0.4 is 5.22 Å². The van der Waals surface area contributed by atoms with E-state index in [-0.39, 0.29) is 11.7 Å². The number of allylic oxidation sites excluding steroid dienone is 2. The number of carbonyl (C=O) groups is 1. The molecule has 0 spiro atoms. The Balaban J connectivity index is 1.22. The summed E-state index contributed by atoms with van der Waals surface area (Å²) < 4.78 is 2.03. The summed E-state index contributed by atoms with van der Waals surface area (Å²) in [7, 11) is 0. The van der Waals surface area contributed by atoms with Gasteiger partial charge in [-0.15, -0.1) is 0 Å². The molecule has 1 aromatic carbocycles. The highest BCUT2D eigenvalue weighted by Crippen LogP contribution is 2.31. The third kappa shape index (κ3) is 3.83. The fraction of sp³-hybridized carbons (Fsp3) is 0.360. The summed E-state index contributed by atoms with van der Waals surface area (Å²) in [6, 6.07) is 6.88. The van der Waals surface area contributed by atoms with Crippen LogP contribution in [0.5, 0.6) is 5.75 Å². The van der Waals surface area contributed by atoms with E-state index in [1.54, 1.807) is 24.5 Å². The monoisotopic (exact) mass is 417 g/mol. The number of hydrogen-bond donors (Lipinski definition) is 2. The normalized spacial score (nSPS) is 17.5. The molecule has 5 rings (SSSR count). The molecule has 3 aromatic rings. The van der Waals surface area contributed by atoms with Crippen LogP contribution in [0.2, 0.25) is 0 Å². The standard InChI is InChI=1S/C25H27N3O3/c29-19-5-3-4-18(12-19)14-24(31)27-10-8-17(9-11-27)13-23(30)25-21-7-2-1-6-20(21)22-15-26-16-28(22)25/h1-6,12,15-17,23,29-30H,7-11,13-14H2. The molecular formula is C25H27N3O3. The smallest absolute Gasteiger partial charge is 0.226 e. The van der Waals surface area contributed by atoms with Crippen molar-refractivity contribution >= 4 is 17.5 Å². The van der Waals surface area contributed by atoms with Crippen LogP contribution in [-0.4, -0.2) is 43.5 Å². The van der Waals surface area contributed by atoms with E-state index in [4.69, 9.17) is 0 Å². The number of imidazole rings is 1. The first kappa shape index (κ1) is 19.8. The van der Waals surface area contributed by atoms with Gasteiger partial charge in [-0.2, -0.15) is 0 Å². The van der Waals surface area contributed by atoms with Crippen LogP contribution in [0.25, 0.3) is 11.6 Å². The molecule has 1 atom stereocenters. The van der Waals surface area contributed by atoms with Crippen LogP contribution in [0.15, 0.2) is 48.9 Å². The number of benzene rings is 1. The van der Waals surface area contributed by atoms with Crippen molar-refractivity contribution in [2.24, 2.45) is 5.92 Å². The van der Waals surface area contributed by atoms with Crippen LogP contribution in [0, 0.1) is 5.92 Å². The molecular weight excluding hydrogens is 390 g/mol. The van der Waals surface area contributed by atoms with Crippen LogP contribution in [-0.2, 0) is 17.6 Å². The summed E-state index contributed by atoms with van der Waals surface area (Å²) in [5, 5.41) is 21.9. The predicted octanol–water partition coefficient (Wildman–Crippen LogP) is 2.56. The van der Waals surface area contributed by atoms with E-state index in [2.05, 4.69) is 23.2 Å². The van der Waals surface area contributed by atoms with Crippen molar-refractivity contribution in [3.63, 3.8) is 0 Å². The molecule has 2 aromatic heterocycles. The Bertz CT molecular complexity index is 1190. The maximum absolute atomic E-state index is 12.6. The second kappa shape index (κ2) is 8.19. The number of aromatic hydroxyl groups is 1. The van der Waals surface area contributed by atoms with Gasteiger partial charge in [0, 0.05) is 18.3 Å². The lowest BCUT2D eigenvalue weighted by molar-refractivity contribution is -0.132. The summed E-state index contributed by atoms with van der Waals surface area (Å²) in [5.41, 5.74) is 4.05. The number of phenolic OH excluding ortho intramolecular Hbond substituents is 1. The van der Waals surface area contributed by atoms with Crippen LogP contribution in [0.1, 0.15) is 42.2 Å². The summed E-state index contributed by atoms with van der Waals surface area (Å²) in [6.07, 6.45) is 13.0. The first-order valence-corrected chi connectivity index (χ1v) is 11.0. The van der Waals surface area contributed by atoms with Crippen molar-refractivity contribution in [1.82, 2.24) is 14.3 Å². The van der Waals surface area contributed by atoms with Crippen molar-refractivity contribution in [2.45, 2.75) is 38.2 Å². The molecule has 1 aliphatic heterocycles. The maximum Gasteiger partial charge on any atom is 0.226 e. The van der Waals surface area contributed by atoms with Gasteiger partial charge in [0.2, 0.25) is 5.91 Å². The molecule has 1 fully saturated rings. The van der Waals surface area contributed by atoms with Crippen LogP contribution in [0.4, 0.5) is 0 Å². The Kier molecular flexibility index (Phi) is 5.24. The Morgan fingerprint density at radius 1 is 1.26 bits per heavy atom. The van der Waals surface area contributed by atoms with Gasteiger partial charge in [0.1, 0.15) is 5.75 Å². The number of amides is 1. The van der Waals surface area contributed by atoms with Gasteiger partial charge in [-0.1, -0.05) is 30.4 Å². The van der Waals surface area contributed by atoms with Crippen molar-refractivity contribution in [3.05, 3.63) is 71.0 Å². The fourth-order valence-electron chi connectivity index (χ4n) is 5.03. The number of carbonyl (C=O) groups excluding carboxylic acids is 1. The predicted molar refractivity (Wildman–Crippen MR) is 118 cm³/mol. The zero-order chi connectivity index (χ0) is 21.4. The maximum atomic E-state index is 12.6. The molecule has 0 saturated carbocycles. The molecule has 6 heteroatoms. The molecule has 1 aliphatic carbocycles. The highest BCUT2D eigenvalue weighted by atomic mass is 16.3. The lowest BCUT2D eigenvalue weighted by Crippen LogP contribution is -2.39. The van der Waals surface area contributed by atoms with E-state index < -0.39 is 6.10 Å². The lowest BCUT2D eigenvalue weighted by atomic mass is 9.89. The molecule has 0 radical (unpaired) electrons. The van der Waals surface area contributed by atoms with Gasteiger partial charge in [-0.3, -0.25) is 9.20 Å². The van der Waals surface area contributed by atoms with Crippen molar-refractivity contribution in [2.75, 3.05) is 13.1 Å². The largest absolute Gasteiger partial charge is 0.508 e. The number of phenols is 1. The molecule has 31 heavy (non-hydrogen) atoms. The van der Waals surface area contributed by atoms with Gasteiger partial charge in [0.05, 0.1) is 36.3 Å². The van der Waals surface area contributed by atoms with Gasteiger partial charge in [-0.05, 0) is 54.9 Å². The number of rotatable bonds is 5. The van der Waals surface area contributed by atoms with Crippen molar-refractivity contribution < 1.29 is 15.0 Å². The third-order valence-corrected chi connectivity index (χ3v) is 6.63. The Morgan fingerprint density at radius 3 is 2.90 bits per heavy atom. The second-order valence-electron chi connectivity index (χ2n) is 8.65. The quantitative estimate of drug-likeness (QED) is 0.669. The first-order valence-electron chi connectivity index (χ1n) is 11.0. The van der Waals surface area contributed by atoms with Gasteiger partial charge in [0.25, 0.3) is 0 Å². The summed E-state index contributed by atoms with van der Waals surface area (Å²) in [4.78, 5) is 18.8. The highest BCUT2D eigenvalue weighted by Gasteiger charge is 2.28. The Morgan fingerprint density at radius 2 is 2.10 bits per heavy atom. The molecule has 6 nitrogen and oxygen atoms in total. The molecule has 2 aliphatic rings. The molecule has 1 amide bonds. The highest BCUT2D eigenvalue weighted by molar-refractivity contribution is 5.79. The number of fused-ring (bicyclic) bond motifs is 3. The molecule has 2 N–H and O–H groups in total. The zero-order valence-corrected chi connectivity index (χ0v) is 17.4. The number of hydrogen-bond acceptors (Lipinski definition) is 4. The average molecular weight is 418 g/mol. The number of aliphatic hydroxyl groups excluding tert-OH is 1. The van der Waals surface area contributed by atoms with Crippen LogP contribution in [0.3, 0.4) is 0 Å². The van der Waals surface area contributed by atoms with Crippen LogP contribution >= 0.6 is 0 Å². The van der Waals surface area contributed by atoms with Crippen molar-refractivity contribution in [3.8, 4) is 5.75 Å². The molecule has 1 saturated heterocycles. The average Bonchev–Trinajstić information content (AvgIpc) is 3.35. The second-order valence-corrected chi connectivity index (χ2v) is 8.65. The first-order chi connectivity index (χ1) is 15.1. The number of aromatic nitrogens is 2. The minimum atomic E-state index is -0.542. The zero-order valence-electron chi connectivity index (χ0n) is 17.4. The van der Waals surface area contributed by atoms with E-state index in [0.717, 1.165) is 36.0 Å². The molecule has 1 unspecified atom stereocenters. The SMILES string of the molecule is O=C(Cc1cccc(O)c1)N1CCC(CC(O)c2c3c(c4cncn24)=CC=CC3)CC1.